The number of imidazole rings is 1. The molecule has 9 nitrogen and oxygen atoms in total. The molecule has 0 spiro atoms. The minimum atomic E-state index is -1.20. The Bertz CT molecular complexity index is 934. The predicted octanol–water partition coefficient (Wildman–Crippen LogP) is 0.481. The van der Waals surface area contributed by atoms with Crippen LogP contribution < -0.4 is 5.32 Å². The molecule has 0 bridgehead atoms. The van der Waals surface area contributed by atoms with Crippen molar-refractivity contribution in [1.29, 1.82) is 0 Å². The molecule has 1 aromatic carbocycles. The maximum absolute atomic E-state index is 10.3. The molecule has 3 heterocycles. The van der Waals surface area contributed by atoms with Gasteiger partial charge in [0.1, 0.15) is 24.6 Å². The lowest BCUT2D eigenvalue weighted by Crippen LogP contribution is -2.33. The van der Waals surface area contributed by atoms with Crippen LogP contribution in [-0.4, -0.2) is 65.8 Å². The van der Waals surface area contributed by atoms with E-state index in [0.29, 0.717) is 17.0 Å². The van der Waals surface area contributed by atoms with E-state index in [1.807, 2.05) is 18.2 Å². The second-order valence-electron chi connectivity index (χ2n) is 7.01. The molecule has 1 aliphatic heterocycles. The number of aliphatic hydroxyl groups is 3. The van der Waals surface area contributed by atoms with Gasteiger partial charge in [0, 0.05) is 6.04 Å². The number of fused-ring (bicyclic) bond motifs is 1. The Hall–Kier alpha value is -2.59. The fourth-order valence-corrected chi connectivity index (χ4v) is 3.51. The van der Waals surface area contributed by atoms with Crippen molar-refractivity contribution < 1.29 is 20.1 Å². The molecular formula is C19H23N5O4. The summed E-state index contributed by atoms with van der Waals surface area (Å²) in [6, 6.07) is 10.3. The van der Waals surface area contributed by atoms with Crippen LogP contribution in [0.5, 0.6) is 0 Å². The zero-order valence-electron chi connectivity index (χ0n) is 15.4. The normalized spacial score (nSPS) is 25.9. The van der Waals surface area contributed by atoms with Crippen molar-refractivity contribution in [3.05, 3.63) is 48.5 Å². The van der Waals surface area contributed by atoms with E-state index >= 15 is 0 Å². The van der Waals surface area contributed by atoms with E-state index in [4.69, 9.17) is 4.74 Å². The van der Waals surface area contributed by atoms with Crippen LogP contribution >= 0.6 is 0 Å². The van der Waals surface area contributed by atoms with E-state index in [-0.39, 0.29) is 12.6 Å². The molecule has 3 aromatic rings. The Morgan fingerprint density at radius 2 is 1.93 bits per heavy atom. The molecule has 0 saturated carbocycles. The lowest BCUT2D eigenvalue weighted by atomic mass is 10.1. The fourth-order valence-electron chi connectivity index (χ4n) is 3.51. The minimum absolute atomic E-state index is 0.111. The maximum Gasteiger partial charge on any atom is 0.167 e. The second kappa shape index (κ2) is 7.80. The van der Waals surface area contributed by atoms with E-state index < -0.39 is 24.5 Å². The van der Waals surface area contributed by atoms with Gasteiger partial charge in [0.15, 0.2) is 23.2 Å². The van der Waals surface area contributed by atoms with E-state index in [2.05, 4.69) is 39.3 Å². The van der Waals surface area contributed by atoms with E-state index in [0.717, 1.165) is 6.42 Å². The van der Waals surface area contributed by atoms with E-state index in [1.165, 1.54) is 18.2 Å². The summed E-state index contributed by atoms with van der Waals surface area (Å²) in [7, 11) is 0. The molecule has 0 aliphatic carbocycles. The first-order valence-corrected chi connectivity index (χ1v) is 9.19. The maximum atomic E-state index is 10.3. The number of hydrogen-bond donors (Lipinski definition) is 4. The van der Waals surface area contributed by atoms with Gasteiger partial charge in [0.25, 0.3) is 0 Å². The summed E-state index contributed by atoms with van der Waals surface area (Å²) in [5, 5.41) is 32.9. The first-order chi connectivity index (χ1) is 13.6. The highest BCUT2D eigenvalue weighted by atomic mass is 16.6. The molecule has 28 heavy (non-hydrogen) atoms. The first kappa shape index (κ1) is 18.8. The average Bonchev–Trinajstić information content (AvgIpc) is 3.25. The van der Waals surface area contributed by atoms with Crippen LogP contribution in [0.4, 0.5) is 5.82 Å². The topological polar surface area (TPSA) is 126 Å². The number of aromatic nitrogens is 4. The zero-order valence-corrected chi connectivity index (χ0v) is 15.4. The summed E-state index contributed by atoms with van der Waals surface area (Å²) in [5.41, 5.74) is 2.23. The third-order valence-corrected chi connectivity index (χ3v) is 4.92. The number of anilines is 1. The van der Waals surface area contributed by atoms with Gasteiger partial charge >= 0.3 is 0 Å². The smallest absolute Gasteiger partial charge is 0.167 e. The van der Waals surface area contributed by atoms with Crippen molar-refractivity contribution in [2.24, 2.45) is 0 Å². The molecule has 0 unspecified atom stereocenters. The molecule has 1 aliphatic rings. The highest BCUT2D eigenvalue weighted by molar-refractivity contribution is 5.82. The number of nitrogens with one attached hydrogen (secondary N) is 1. The van der Waals surface area contributed by atoms with Gasteiger partial charge < -0.3 is 25.4 Å². The van der Waals surface area contributed by atoms with Crippen LogP contribution in [0.3, 0.4) is 0 Å². The predicted molar refractivity (Wildman–Crippen MR) is 102 cm³/mol. The molecule has 2 aromatic heterocycles. The molecule has 1 saturated heterocycles. The summed E-state index contributed by atoms with van der Waals surface area (Å²) in [6.45, 7) is 1.67. The quantitative estimate of drug-likeness (QED) is 0.483. The minimum Gasteiger partial charge on any atom is -0.394 e. The van der Waals surface area contributed by atoms with Gasteiger partial charge in [0.2, 0.25) is 0 Å². The molecule has 148 valence electrons. The van der Waals surface area contributed by atoms with Gasteiger partial charge in [-0.15, -0.1) is 0 Å². The van der Waals surface area contributed by atoms with Gasteiger partial charge in [0.05, 0.1) is 12.9 Å². The van der Waals surface area contributed by atoms with Crippen molar-refractivity contribution in [2.75, 3.05) is 11.9 Å². The van der Waals surface area contributed by atoms with Crippen LogP contribution in [0.25, 0.3) is 11.2 Å². The first-order valence-electron chi connectivity index (χ1n) is 9.19. The SMILES string of the molecule is C[C@@H](Cc1ccccc1)Nc1ncnc2c1ncn2[C@@H]1O[C@@H](CO)[C@@H](O)[C@H]1O. The van der Waals surface area contributed by atoms with Crippen molar-refractivity contribution in [2.45, 2.75) is 43.9 Å². The number of nitrogens with zero attached hydrogens (tertiary/aromatic N) is 4. The Kier molecular flexibility index (Phi) is 5.23. The molecular weight excluding hydrogens is 362 g/mol. The average molecular weight is 385 g/mol. The molecule has 9 heteroatoms. The van der Waals surface area contributed by atoms with Crippen LogP contribution in [0.2, 0.25) is 0 Å². The van der Waals surface area contributed by atoms with Crippen LogP contribution in [0, 0.1) is 0 Å². The van der Waals surface area contributed by atoms with Gasteiger partial charge in [-0.1, -0.05) is 30.3 Å². The fraction of sp³-hybridized carbons (Fsp3) is 0.421. The molecule has 0 radical (unpaired) electrons. The molecule has 4 N–H and O–H groups in total. The van der Waals surface area contributed by atoms with Gasteiger partial charge in [-0.25, -0.2) is 15.0 Å². The largest absolute Gasteiger partial charge is 0.394 e. The van der Waals surface area contributed by atoms with Crippen molar-refractivity contribution >= 4 is 17.0 Å². The van der Waals surface area contributed by atoms with Crippen molar-refractivity contribution in [1.82, 2.24) is 19.5 Å². The number of ether oxygens (including phenoxy) is 1. The Labute approximate surface area is 161 Å². The van der Waals surface area contributed by atoms with Crippen LogP contribution in [-0.2, 0) is 11.2 Å². The molecule has 5 atom stereocenters. The number of benzene rings is 1. The number of aliphatic hydroxyl groups excluding tert-OH is 3. The Morgan fingerprint density at radius 3 is 2.64 bits per heavy atom. The van der Waals surface area contributed by atoms with Crippen molar-refractivity contribution in [3.63, 3.8) is 0 Å². The highest BCUT2D eigenvalue weighted by Gasteiger charge is 2.44. The zero-order chi connectivity index (χ0) is 19.7. The van der Waals surface area contributed by atoms with Crippen molar-refractivity contribution in [3.8, 4) is 0 Å². The third-order valence-electron chi connectivity index (χ3n) is 4.92. The lowest BCUT2D eigenvalue weighted by molar-refractivity contribution is -0.0511. The van der Waals surface area contributed by atoms with Gasteiger partial charge in [-0.05, 0) is 18.9 Å². The molecule has 0 amide bonds. The Balaban J connectivity index is 1.57. The van der Waals surface area contributed by atoms with E-state index in [1.54, 1.807) is 4.57 Å². The summed E-state index contributed by atoms with van der Waals surface area (Å²) < 4.78 is 7.13. The molecule has 1 fully saturated rings. The molecule has 4 rings (SSSR count). The summed E-state index contributed by atoms with van der Waals surface area (Å²) >= 11 is 0. The third kappa shape index (κ3) is 3.45. The van der Waals surface area contributed by atoms with Gasteiger partial charge in [-0.3, -0.25) is 4.57 Å². The highest BCUT2D eigenvalue weighted by Crippen LogP contribution is 2.32. The number of rotatable bonds is 6. The van der Waals surface area contributed by atoms with Crippen LogP contribution in [0.1, 0.15) is 18.7 Å². The summed E-state index contributed by atoms with van der Waals surface area (Å²) in [4.78, 5) is 12.9. The summed E-state index contributed by atoms with van der Waals surface area (Å²) in [5.74, 6) is 0.582. The summed E-state index contributed by atoms with van der Waals surface area (Å²) in [6.07, 6.45) is -0.395. The van der Waals surface area contributed by atoms with Gasteiger partial charge in [-0.2, -0.15) is 0 Å². The standard InChI is InChI=1S/C19H23N5O4/c1-11(7-12-5-3-2-4-6-12)23-17-14-18(21-9-20-17)24(10-22-14)19-16(27)15(26)13(8-25)28-19/h2-6,9-11,13,15-16,19,25-27H,7-8H2,1H3,(H,20,21,23)/t11-,13-,15+,16+,19+/m0/s1. The monoisotopic (exact) mass is 385 g/mol. The van der Waals surface area contributed by atoms with E-state index in [9.17, 15) is 15.3 Å². The lowest BCUT2D eigenvalue weighted by Gasteiger charge is -2.17. The van der Waals surface area contributed by atoms with Crippen LogP contribution in [0.15, 0.2) is 43.0 Å². The number of hydrogen-bond acceptors (Lipinski definition) is 8. The Morgan fingerprint density at radius 1 is 1.14 bits per heavy atom. The second-order valence-corrected chi connectivity index (χ2v) is 7.01.